The van der Waals surface area contributed by atoms with Gasteiger partial charge < -0.3 is 0 Å². The highest BCUT2D eigenvalue weighted by Gasteiger charge is 2.45. The molecule has 0 aliphatic carbocycles. The van der Waals surface area contributed by atoms with E-state index in [4.69, 9.17) is 0 Å². The van der Waals surface area contributed by atoms with Gasteiger partial charge in [0.05, 0.1) is 36.6 Å². The summed E-state index contributed by atoms with van der Waals surface area (Å²) in [6.07, 6.45) is -10.5. The van der Waals surface area contributed by atoms with E-state index >= 15 is 0 Å². The third kappa shape index (κ3) is 5.57. The minimum Gasteiger partial charge on any atom is -0.284 e. The van der Waals surface area contributed by atoms with Gasteiger partial charge in [-0.25, -0.2) is 18.0 Å². The molecule has 0 spiro atoms. The highest BCUT2D eigenvalue weighted by Crippen LogP contribution is 2.25. The van der Waals surface area contributed by atoms with Crippen molar-refractivity contribution in [2.45, 2.75) is 17.2 Å². The lowest BCUT2D eigenvalue weighted by molar-refractivity contribution is -0.860. The molecule has 1 aliphatic heterocycles. The summed E-state index contributed by atoms with van der Waals surface area (Å²) in [6.45, 7) is -0.483. The van der Waals surface area contributed by atoms with Crippen LogP contribution in [0.5, 0.6) is 0 Å². The van der Waals surface area contributed by atoms with E-state index in [9.17, 15) is 44.3 Å². The molecule has 2 heterocycles. The van der Waals surface area contributed by atoms with Crippen LogP contribution in [0.2, 0.25) is 0 Å². The number of alkyl halides is 6. The number of aromatic nitrogens is 1. The van der Waals surface area contributed by atoms with Crippen LogP contribution in [0.4, 0.5) is 32.2 Å². The van der Waals surface area contributed by atoms with Crippen LogP contribution in [0.25, 0.3) is 10.8 Å². The number of rotatable bonds is 5. The average molecular weight is 562 g/mol. The van der Waals surface area contributed by atoms with Crippen molar-refractivity contribution >= 4 is 38.4 Å². The SMILES string of the molecule is O=C(O[n+]1cc(C(=O)C(F)(F)F)ccc1N1CCN(S(=O)(=O)c2ccc3ccccc3c2)CC1)C(F)(F)F. The van der Waals surface area contributed by atoms with E-state index in [-0.39, 0.29) is 41.6 Å². The van der Waals surface area contributed by atoms with Gasteiger partial charge in [0.1, 0.15) is 6.20 Å². The van der Waals surface area contributed by atoms with Crippen LogP contribution in [0, 0.1) is 0 Å². The van der Waals surface area contributed by atoms with Gasteiger partial charge in [-0.2, -0.15) is 30.6 Å². The predicted octanol–water partition coefficient (Wildman–Crippen LogP) is 2.90. The molecular weight excluding hydrogens is 544 g/mol. The minimum absolute atomic E-state index is 0.0360. The highest BCUT2D eigenvalue weighted by molar-refractivity contribution is 7.89. The average Bonchev–Trinajstić information content (AvgIpc) is 2.87. The van der Waals surface area contributed by atoms with Crippen LogP contribution in [-0.4, -0.2) is 63.0 Å². The summed E-state index contributed by atoms with van der Waals surface area (Å²) in [5, 5.41) is 1.54. The molecule has 1 aromatic heterocycles. The Bertz CT molecular complexity index is 1500. The fraction of sp³-hybridized carbons (Fsp3) is 0.261. The number of nitrogens with zero attached hydrogens (tertiary/aromatic N) is 3. The number of hydrogen-bond acceptors (Lipinski definition) is 6. The number of Topliss-reactive ketones (excluding diaryl/α,β-unsaturated/α-hetero) is 1. The quantitative estimate of drug-likeness (QED) is 0.270. The largest absolute Gasteiger partial charge is 0.495 e. The van der Waals surface area contributed by atoms with Crippen molar-refractivity contribution in [2.75, 3.05) is 31.1 Å². The molecule has 202 valence electrons. The van der Waals surface area contributed by atoms with Gasteiger partial charge in [0.15, 0.2) is 0 Å². The van der Waals surface area contributed by atoms with E-state index in [1.165, 1.54) is 17.0 Å². The second-order valence-corrected chi connectivity index (χ2v) is 10.1. The number of halogens is 6. The number of ketones is 1. The zero-order chi connectivity index (χ0) is 27.9. The van der Waals surface area contributed by atoms with Crippen LogP contribution < -0.4 is 14.5 Å². The van der Waals surface area contributed by atoms with E-state index in [0.717, 1.165) is 21.8 Å². The van der Waals surface area contributed by atoms with Crippen LogP contribution in [0.15, 0.2) is 65.7 Å². The summed E-state index contributed by atoms with van der Waals surface area (Å²) in [4.78, 5) is 28.6. The molecule has 4 rings (SSSR count). The first-order valence-electron chi connectivity index (χ1n) is 10.9. The lowest BCUT2D eigenvalue weighted by atomic mass is 10.1. The van der Waals surface area contributed by atoms with Crippen molar-refractivity contribution in [3.63, 3.8) is 0 Å². The fourth-order valence-corrected chi connectivity index (χ4v) is 5.32. The zero-order valence-electron chi connectivity index (χ0n) is 19.2. The first-order chi connectivity index (χ1) is 17.7. The third-order valence-electron chi connectivity index (χ3n) is 5.75. The number of sulfonamides is 1. The number of piperazine rings is 1. The Balaban J connectivity index is 1.58. The molecular formula is C23H18F6N3O5S+. The van der Waals surface area contributed by atoms with E-state index < -0.39 is 39.7 Å². The molecule has 0 bridgehead atoms. The Morgan fingerprint density at radius 2 is 1.45 bits per heavy atom. The maximum Gasteiger partial charge on any atom is 0.495 e. The lowest BCUT2D eigenvalue weighted by Gasteiger charge is -2.30. The van der Waals surface area contributed by atoms with Crippen LogP contribution in [0.1, 0.15) is 10.4 Å². The maximum atomic E-state index is 13.2. The summed E-state index contributed by atoms with van der Waals surface area (Å²) in [5.74, 6) is -5.37. The molecule has 0 amide bonds. The number of carbonyl (C=O) groups is 2. The van der Waals surface area contributed by atoms with E-state index in [2.05, 4.69) is 4.84 Å². The first-order valence-corrected chi connectivity index (χ1v) is 12.3. The standard InChI is InChI=1S/C23H18F6N3O5S/c24-22(25,26)20(33)17-6-8-19(32(14-17)37-21(34)23(27,28)29)30-9-11-31(12-10-30)38(35,36)18-7-5-15-3-1-2-4-16(15)13-18/h1-8,13-14H,9-12H2/q+1. The van der Waals surface area contributed by atoms with E-state index in [1.54, 1.807) is 24.3 Å². The van der Waals surface area contributed by atoms with Gasteiger partial charge in [-0.3, -0.25) is 9.69 Å². The summed E-state index contributed by atoms with van der Waals surface area (Å²) in [5.41, 5.74) is -1.06. The van der Waals surface area contributed by atoms with Crippen LogP contribution in [0.3, 0.4) is 0 Å². The van der Waals surface area contributed by atoms with Crippen molar-refractivity contribution in [3.8, 4) is 0 Å². The smallest absolute Gasteiger partial charge is 0.284 e. The normalized spacial score (nSPS) is 15.5. The van der Waals surface area contributed by atoms with Gasteiger partial charge in [0.2, 0.25) is 10.0 Å². The Morgan fingerprint density at radius 1 is 0.816 bits per heavy atom. The fourth-order valence-electron chi connectivity index (χ4n) is 3.86. The van der Waals surface area contributed by atoms with Crippen LogP contribution in [-0.2, 0) is 14.8 Å². The minimum atomic E-state index is -5.47. The molecule has 3 aromatic rings. The summed E-state index contributed by atoms with van der Waals surface area (Å²) in [6, 6.07) is 13.4. The number of fused-ring (bicyclic) bond motifs is 1. The summed E-state index contributed by atoms with van der Waals surface area (Å²) >= 11 is 0. The molecule has 0 atom stereocenters. The molecule has 15 heteroatoms. The van der Waals surface area contributed by atoms with Crippen molar-refractivity contribution in [1.82, 2.24) is 4.31 Å². The molecule has 1 fully saturated rings. The van der Waals surface area contributed by atoms with E-state index in [0.29, 0.717) is 11.6 Å². The Kier molecular flexibility index (Phi) is 7.09. The molecule has 8 nitrogen and oxygen atoms in total. The Morgan fingerprint density at radius 3 is 2.05 bits per heavy atom. The van der Waals surface area contributed by atoms with Gasteiger partial charge >= 0.3 is 24.1 Å². The van der Waals surface area contributed by atoms with Crippen molar-refractivity contribution in [1.29, 1.82) is 0 Å². The monoisotopic (exact) mass is 562 g/mol. The van der Waals surface area contributed by atoms with Gasteiger partial charge in [-0.05, 0) is 33.7 Å². The predicted molar refractivity (Wildman–Crippen MR) is 120 cm³/mol. The highest BCUT2D eigenvalue weighted by atomic mass is 32.2. The van der Waals surface area contributed by atoms with Gasteiger partial charge in [0.25, 0.3) is 5.78 Å². The molecule has 0 saturated carbocycles. The zero-order valence-corrected chi connectivity index (χ0v) is 20.0. The third-order valence-corrected chi connectivity index (χ3v) is 7.64. The van der Waals surface area contributed by atoms with E-state index in [1.807, 2.05) is 6.07 Å². The Labute approximate surface area is 211 Å². The number of hydrogen-bond donors (Lipinski definition) is 0. The Hall–Kier alpha value is -3.72. The van der Waals surface area contributed by atoms with Crippen LogP contribution >= 0.6 is 0 Å². The second-order valence-electron chi connectivity index (χ2n) is 8.21. The summed E-state index contributed by atoms with van der Waals surface area (Å²) in [7, 11) is -3.95. The molecule has 0 N–H and O–H groups in total. The molecule has 1 saturated heterocycles. The molecule has 1 aliphatic rings. The molecule has 38 heavy (non-hydrogen) atoms. The topological polar surface area (TPSA) is 87.9 Å². The number of anilines is 1. The van der Waals surface area contributed by atoms with Gasteiger partial charge in [0, 0.05) is 6.07 Å². The number of carbonyl (C=O) groups excluding carboxylic acids is 2. The summed E-state index contributed by atoms with van der Waals surface area (Å²) < 4.78 is 104. The number of benzene rings is 2. The maximum absolute atomic E-state index is 13.2. The molecule has 0 radical (unpaired) electrons. The molecule has 0 unspecified atom stereocenters. The van der Waals surface area contributed by atoms with Gasteiger partial charge in [-0.15, -0.1) is 0 Å². The first kappa shape index (κ1) is 27.3. The molecule has 2 aromatic carbocycles. The second kappa shape index (κ2) is 9.87. The lowest BCUT2D eigenvalue weighted by Crippen LogP contribution is -2.57. The van der Waals surface area contributed by atoms with Gasteiger partial charge in [-0.1, -0.05) is 30.3 Å². The van der Waals surface area contributed by atoms with Crippen molar-refractivity contribution in [2.24, 2.45) is 0 Å². The number of pyridine rings is 1. The van der Waals surface area contributed by atoms with Crippen molar-refractivity contribution in [3.05, 3.63) is 66.4 Å². The van der Waals surface area contributed by atoms with Crippen molar-refractivity contribution < 1.29 is 53.9 Å².